The molecule has 6 atom stereocenters. The van der Waals surface area contributed by atoms with Crippen LogP contribution in [0.15, 0.2) is 24.4 Å². The number of pyridine rings is 1. The minimum atomic E-state index is 0.290. The second-order valence-corrected chi connectivity index (χ2v) is 7.06. The summed E-state index contributed by atoms with van der Waals surface area (Å²) in [7, 11) is 0. The van der Waals surface area contributed by atoms with Gasteiger partial charge in [-0.15, -0.1) is 11.6 Å². The molecule has 0 aliphatic heterocycles. The Morgan fingerprint density at radius 1 is 1.22 bits per heavy atom. The lowest BCUT2D eigenvalue weighted by Crippen LogP contribution is -2.17. The van der Waals surface area contributed by atoms with Gasteiger partial charge in [0.2, 0.25) is 0 Å². The first-order chi connectivity index (χ1) is 8.77. The number of rotatable bonds is 3. The van der Waals surface area contributed by atoms with Crippen molar-refractivity contribution in [2.75, 3.05) is 0 Å². The Balaban J connectivity index is 1.50. The average molecular weight is 262 g/mol. The summed E-state index contributed by atoms with van der Waals surface area (Å²) < 4.78 is 0. The van der Waals surface area contributed by atoms with Crippen LogP contribution >= 0.6 is 11.6 Å². The molecule has 96 valence electrons. The Kier molecular flexibility index (Phi) is 2.49. The van der Waals surface area contributed by atoms with Crippen LogP contribution in [-0.2, 0) is 0 Å². The zero-order valence-electron chi connectivity index (χ0n) is 10.8. The van der Waals surface area contributed by atoms with E-state index in [-0.39, 0.29) is 0 Å². The largest absolute Gasteiger partial charge is 0.261 e. The van der Waals surface area contributed by atoms with E-state index in [9.17, 15) is 0 Å². The molecule has 1 nitrogen and oxygen atoms in total. The van der Waals surface area contributed by atoms with Gasteiger partial charge in [-0.25, -0.2) is 0 Å². The molecule has 0 aromatic carbocycles. The first kappa shape index (κ1) is 11.3. The van der Waals surface area contributed by atoms with Crippen LogP contribution in [0.5, 0.6) is 0 Å². The zero-order chi connectivity index (χ0) is 12.3. The number of halogens is 1. The van der Waals surface area contributed by atoms with Gasteiger partial charge in [-0.2, -0.15) is 0 Å². The maximum Gasteiger partial charge on any atom is 0.0450 e. The van der Waals surface area contributed by atoms with E-state index >= 15 is 0 Å². The monoisotopic (exact) mass is 261 g/mol. The second kappa shape index (κ2) is 3.96. The van der Waals surface area contributed by atoms with Crippen LogP contribution in [0.25, 0.3) is 0 Å². The third-order valence-corrected chi connectivity index (χ3v) is 6.46. The lowest BCUT2D eigenvalue weighted by Gasteiger charge is -2.20. The minimum absolute atomic E-state index is 0.290. The van der Waals surface area contributed by atoms with Crippen molar-refractivity contribution in [3.8, 4) is 0 Å². The lowest BCUT2D eigenvalue weighted by molar-refractivity contribution is 0.430. The van der Waals surface area contributed by atoms with Crippen molar-refractivity contribution in [3.63, 3.8) is 0 Å². The normalized spacial score (nSPS) is 43.6. The fraction of sp³-hybridized carbons (Fsp3) is 0.688. The minimum Gasteiger partial charge on any atom is -0.261 e. The maximum atomic E-state index is 6.78. The first-order valence-electron chi connectivity index (χ1n) is 7.32. The van der Waals surface area contributed by atoms with Crippen molar-refractivity contribution in [3.05, 3.63) is 30.1 Å². The topological polar surface area (TPSA) is 12.9 Å². The molecule has 1 heterocycles. The van der Waals surface area contributed by atoms with Crippen molar-refractivity contribution in [2.24, 2.45) is 29.6 Å². The highest BCUT2D eigenvalue weighted by atomic mass is 35.5. The SMILES string of the molecule is CC(c1ccccn1)C(Cl)C1C2C3CCC(C3)C21. The van der Waals surface area contributed by atoms with Gasteiger partial charge in [-0.05, 0) is 61.0 Å². The van der Waals surface area contributed by atoms with E-state index in [0.29, 0.717) is 11.3 Å². The summed E-state index contributed by atoms with van der Waals surface area (Å²) in [6.45, 7) is 2.25. The Bertz CT molecular complexity index is 430. The molecule has 2 heteroatoms. The van der Waals surface area contributed by atoms with Crippen molar-refractivity contribution in [1.29, 1.82) is 0 Å². The van der Waals surface area contributed by atoms with Gasteiger partial charge in [0.15, 0.2) is 0 Å². The summed E-state index contributed by atoms with van der Waals surface area (Å²) in [5.41, 5.74) is 1.16. The highest BCUT2D eigenvalue weighted by Gasteiger charge is 2.66. The standard InChI is InChI=1S/C16H20ClN/c1-9(12-4-2-3-7-18-12)16(17)15-13-10-5-6-11(8-10)14(13)15/h2-4,7,9-11,13-16H,5-6,8H2,1H3. The number of hydrogen-bond acceptors (Lipinski definition) is 1. The Morgan fingerprint density at radius 3 is 2.56 bits per heavy atom. The summed E-state index contributed by atoms with van der Waals surface area (Å²) >= 11 is 6.78. The summed E-state index contributed by atoms with van der Waals surface area (Å²) in [4.78, 5) is 4.47. The van der Waals surface area contributed by atoms with Gasteiger partial charge in [0, 0.05) is 23.2 Å². The van der Waals surface area contributed by atoms with Crippen molar-refractivity contribution < 1.29 is 0 Å². The van der Waals surface area contributed by atoms with E-state index < -0.39 is 0 Å². The second-order valence-electron chi connectivity index (χ2n) is 6.55. The molecule has 3 aliphatic carbocycles. The van der Waals surface area contributed by atoms with Gasteiger partial charge >= 0.3 is 0 Å². The van der Waals surface area contributed by atoms with Gasteiger partial charge in [-0.3, -0.25) is 4.98 Å². The molecule has 0 saturated heterocycles. The van der Waals surface area contributed by atoms with Crippen LogP contribution < -0.4 is 0 Å². The van der Waals surface area contributed by atoms with E-state index in [0.717, 1.165) is 35.3 Å². The highest BCUT2D eigenvalue weighted by Crippen LogP contribution is 2.71. The van der Waals surface area contributed by atoms with Gasteiger partial charge in [0.1, 0.15) is 0 Å². The number of fused-ring (bicyclic) bond motifs is 5. The van der Waals surface area contributed by atoms with Gasteiger partial charge in [0.05, 0.1) is 0 Å². The molecular weight excluding hydrogens is 242 g/mol. The Hall–Kier alpha value is -0.560. The highest BCUT2D eigenvalue weighted by molar-refractivity contribution is 6.21. The molecular formula is C16H20ClN. The molecule has 1 aromatic rings. The summed E-state index contributed by atoms with van der Waals surface area (Å²) in [5.74, 6) is 5.15. The third kappa shape index (κ3) is 1.49. The fourth-order valence-electron chi connectivity index (χ4n) is 4.96. The fourth-order valence-corrected chi connectivity index (χ4v) is 5.43. The number of alkyl halides is 1. The lowest BCUT2D eigenvalue weighted by atomic mass is 9.92. The molecule has 0 N–H and O–H groups in total. The van der Waals surface area contributed by atoms with Crippen molar-refractivity contribution >= 4 is 11.6 Å². The molecule has 3 saturated carbocycles. The molecule has 4 rings (SSSR count). The first-order valence-corrected chi connectivity index (χ1v) is 7.76. The van der Waals surface area contributed by atoms with Gasteiger partial charge in [-0.1, -0.05) is 13.0 Å². The maximum absolute atomic E-state index is 6.78. The molecule has 2 bridgehead atoms. The third-order valence-electron chi connectivity index (χ3n) is 5.79. The van der Waals surface area contributed by atoms with Crippen LogP contribution in [0.3, 0.4) is 0 Å². The van der Waals surface area contributed by atoms with E-state index in [2.05, 4.69) is 24.0 Å². The molecule has 0 amide bonds. The Morgan fingerprint density at radius 2 is 1.94 bits per heavy atom. The van der Waals surface area contributed by atoms with Gasteiger partial charge < -0.3 is 0 Å². The molecule has 1 aromatic heterocycles. The predicted molar refractivity (Wildman–Crippen MR) is 73.6 cm³/mol. The number of aromatic nitrogens is 1. The van der Waals surface area contributed by atoms with Crippen LogP contribution in [0, 0.1) is 29.6 Å². The van der Waals surface area contributed by atoms with E-state index in [1.54, 1.807) is 0 Å². The van der Waals surface area contributed by atoms with Crippen molar-refractivity contribution in [2.45, 2.75) is 37.5 Å². The smallest absolute Gasteiger partial charge is 0.0450 e. The van der Waals surface area contributed by atoms with Gasteiger partial charge in [0.25, 0.3) is 0 Å². The number of hydrogen-bond donors (Lipinski definition) is 0. The molecule has 0 radical (unpaired) electrons. The average Bonchev–Trinajstić information content (AvgIpc) is 2.85. The molecule has 6 unspecified atom stereocenters. The van der Waals surface area contributed by atoms with Crippen LogP contribution in [-0.4, -0.2) is 10.4 Å². The Labute approximate surface area is 114 Å². The zero-order valence-corrected chi connectivity index (χ0v) is 11.6. The van der Waals surface area contributed by atoms with E-state index in [1.165, 1.54) is 19.3 Å². The predicted octanol–water partition coefficient (Wildman–Crippen LogP) is 4.08. The quantitative estimate of drug-likeness (QED) is 0.747. The summed E-state index contributed by atoms with van der Waals surface area (Å²) in [6, 6.07) is 6.16. The molecule has 3 aliphatic rings. The molecule has 18 heavy (non-hydrogen) atoms. The summed E-state index contributed by atoms with van der Waals surface area (Å²) in [6.07, 6.45) is 6.34. The van der Waals surface area contributed by atoms with Crippen LogP contribution in [0.4, 0.5) is 0 Å². The van der Waals surface area contributed by atoms with Crippen LogP contribution in [0.2, 0.25) is 0 Å². The van der Waals surface area contributed by atoms with E-state index in [4.69, 9.17) is 11.6 Å². The number of nitrogens with zero attached hydrogens (tertiary/aromatic N) is 1. The molecule has 0 spiro atoms. The molecule has 3 fully saturated rings. The summed E-state index contributed by atoms with van der Waals surface area (Å²) in [5, 5.41) is 0.290. The van der Waals surface area contributed by atoms with Crippen molar-refractivity contribution in [1.82, 2.24) is 4.98 Å². The van der Waals surface area contributed by atoms with E-state index in [1.807, 2.05) is 12.3 Å². The van der Waals surface area contributed by atoms with Crippen LogP contribution in [0.1, 0.15) is 37.8 Å².